The molecule has 0 atom stereocenters. The Labute approximate surface area is 195 Å². The molecule has 2 aliphatic rings. The molecule has 176 valence electrons. The van der Waals surface area contributed by atoms with Crippen LogP contribution in [0.5, 0.6) is 11.5 Å². The van der Waals surface area contributed by atoms with Crippen molar-refractivity contribution in [1.82, 2.24) is 9.21 Å². The number of fused-ring (bicyclic) bond motifs is 1. The van der Waals surface area contributed by atoms with Gasteiger partial charge < -0.3 is 14.4 Å². The van der Waals surface area contributed by atoms with Gasteiger partial charge in [-0.2, -0.15) is 4.31 Å². The molecule has 1 amide bonds. The number of hydrogen-bond acceptors (Lipinski definition) is 5. The number of amides is 1. The van der Waals surface area contributed by atoms with Gasteiger partial charge in [-0.3, -0.25) is 4.79 Å². The van der Waals surface area contributed by atoms with Crippen LogP contribution >= 0.6 is 0 Å². The van der Waals surface area contributed by atoms with E-state index in [1.807, 2.05) is 60.4 Å². The van der Waals surface area contributed by atoms with Gasteiger partial charge in [-0.15, -0.1) is 0 Å². The summed E-state index contributed by atoms with van der Waals surface area (Å²) in [6, 6.07) is 15.1. The maximum atomic E-state index is 13.2. The summed E-state index contributed by atoms with van der Waals surface area (Å²) in [6.07, 6.45) is 2.66. The van der Waals surface area contributed by atoms with E-state index in [0.717, 1.165) is 16.9 Å². The van der Waals surface area contributed by atoms with Crippen molar-refractivity contribution in [2.45, 2.75) is 26.3 Å². The number of nitrogens with zero attached hydrogens (tertiary/aromatic N) is 2. The maximum Gasteiger partial charge on any atom is 0.236 e. The first-order valence-electron chi connectivity index (χ1n) is 11.4. The Morgan fingerprint density at radius 1 is 1.06 bits per heavy atom. The van der Waals surface area contributed by atoms with Gasteiger partial charge in [0.2, 0.25) is 15.9 Å². The molecule has 8 heteroatoms. The van der Waals surface area contributed by atoms with Crippen LogP contribution in [0.15, 0.2) is 53.9 Å². The third-order valence-corrected chi connectivity index (χ3v) is 7.63. The average Bonchev–Trinajstić information content (AvgIpc) is 2.86. The van der Waals surface area contributed by atoms with Gasteiger partial charge in [0.15, 0.2) is 11.5 Å². The molecule has 1 fully saturated rings. The van der Waals surface area contributed by atoms with Crippen LogP contribution in [-0.4, -0.2) is 56.4 Å². The van der Waals surface area contributed by atoms with E-state index in [9.17, 15) is 13.2 Å². The van der Waals surface area contributed by atoms with Crippen molar-refractivity contribution in [2.24, 2.45) is 5.92 Å². The van der Waals surface area contributed by atoms with Crippen LogP contribution in [0, 0.1) is 5.92 Å². The zero-order valence-corrected chi connectivity index (χ0v) is 19.7. The summed E-state index contributed by atoms with van der Waals surface area (Å²) in [5.41, 5.74) is 1.82. The lowest BCUT2D eigenvalue weighted by Gasteiger charge is -2.33. The Hall–Kier alpha value is -2.84. The highest BCUT2D eigenvalue weighted by Crippen LogP contribution is 2.31. The highest BCUT2D eigenvalue weighted by Gasteiger charge is 2.32. The lowest BCUT2D eigenvalue weighted by atomic mass is 9.96. The molecular weight excluding hydrogens is 440 g/mol. The molecule has 4 rings (SSSR count). The Bertz CT molecular complexity index is 1090. The summed E-state index contributed by atoms with van der Waals surface area (Å²) in [5, 5.41) is 1.25. The molecule has 0 spiro atoms. The number of rotatable bonds is 7. The molecule has 2 heterocycles. The zero-order valence-electron chi connectivity index (χ0n) is 18.9. The maximum absolute atomic E-state index is 13.2. The number of piperidine rings is 1. The summed E-state index contributed by atoms with van der Waals surface area (Å²) >= 11 is 0. The third kappa shape index (κ3) is 5.75. The van der Waals surface area contributed by atoms with Crippen LogP contribution in [0.1, 0.15) is 30.9 Å². The van der Waals surface area contributed by atoms with Crippen molar-refractivity contribution in [1.29, 1.82) is 0 Å². The fraction of sp³-hybridized carbons (Fsp3) is 0.400. The molecule has 0 aliphatic carbocycles. The quantitative estimate of drug-likeness (QED) is 0.619. The van der Waals surface area contributed by atoms with Gasteiger partial charge in [0.25, 0.3) is 0 Å². The molecular formula is C25H30N2O5S. The van der Waals surface area contributed by atoms with Crippen LogP contribution in [0.3, 0.4) is 0 Å². The van der Waals surface area contributed by atoms with Crippen molar-refractivity contribution < 1.29 is 22.7 Å². The molecule has 7 nitrogen and oxygen atoms in total. The zero-order chi connectivity index (χ0) is 23.3. The van der Waals surface area contributed by atoms with Crippen LogP contribution in [0.4, 0.5) is 0 Å². The number of carbonyl (C=O) groups is 1. The Kier molecular flexibility index (Phi) is 7.35. The standard InChI is InChI=1S/C25H30N2O5S/c1-2-26(19-21-8-9-23-24(18-21)32-16-15-31-23)25(28)22-10-13-27(14-11-22)33(29,30)17-12-20-6-4-3-5-7-20/h3-9,12,17-18,22H,2,10-11,13-16,19H2,1H3/b17-12+. The lowest BCUT2D eigenvalue weighted by molar-refractivity contribution is -0.137. The van der Waals surface area contributed by atoms with Crippen LogP contribution in [0.25, 0.3) is 6.08 Å². The monoisotopic (exact) mass is 470 g/mol. The van der Waals surface area contributed by atoms with Crippen molar-refractivity contribution in [2.75, 3.05) is 32.8 Å². The summed E-state index contributed by atoms with van der Waals surface area (Å²) < 4.78 is 38.1. The minimum Gasteiger partial charge on any atom is -0.486 e. The Morgan fingerprint density at radius 2 is 1.76 bits per heavy atom. The van der Waals surface area contributed by atoms with Gasteiger partial charge >= 0.3 is 0 Å². The van der Waals surface area contributed by atoms with E-state index in [1.54, 1.807) is 6.08 Å². The number of hydrogen-bond donors (Lipinski definition) is 0. The minimum absolute atomic E-state index is 0.0734. The molecule has 0 N–H and O–H groups in total. The highest BCUT2D eigenvalue weighted by atomic mass is 32.2. The van der Waals surface area contributed by atoms with Crippen LogP contribution in [-0.2, 0) is 21.4 Å². The van der Waals surface area contributed by atoms with E-state index >= 15 is 0 Å². The molecule has 0 bridgehead atoms. The number of benzene rings is 2. The minimum atomic E-state index is -3.51. The predicted molar refractivity (Wildman–Crippen MR) is 127 cm³/mol. The lowest BCUT2D eigenvalue weighted by Crippen LogP contribution is -2.43. The molecule has 2 aliphatic heterocycles. The van der Waals surface area contributed by atoms with E-state index in [2.05, 4.69) is 0 Å². The fourth-order valence-corrected chi connectivity index (χ4v) is 5.40. The number of sulfonamides is 1. The summed E-state index contributed by atoms with van der Waals surface area (Å²) in [5.74, 6) is 1.34. The van der Waals surface area contributed by atoms with Crippen molar-refractivity contribution >= 4 is 22.0 Å². The van der Waals surface area contributed by atoms with E-state index in [1.165, 1.54) is 9.71 Å². The van der Waals surface area contributed by atoms with Gasteiger partial charge in [-0.05, 0) is 49.1 Å². The Morgan fingerprint density at radius 3 is 2.45 bits per heavy atom. The molecule has 33 heavy (non-hydrogen) atoms. The molecule has 0 aromatic heterocycles. The third-order valence-electron chi connectivity index (χ3n) is 6.07. The van der Waals surface area contributed by atoms with Gasteiger partial charge in [0.1, 0.15) is 13.2 Å². The van der Waals surface area contributed by atoms with Gasteiger partial charge in [0, 0.05) is 37.5 Å². The first-order valence-corrected chi connectivity index (χ1v) is 12.9. The van der Waals surface area contributed by atoms with Crippen molar-refractivity contribution in [3.05, 3.63) is 65.1 Å². The second-order valence-corrected chi connectivity index (χ2v) is 10.1. The predicted octanol–water partition coefficient (Wildman–Crippen LogP) is 3.52. The molecule has 2 aromatic carbocycles. The normalized spacial score (nSPS) is 17.2. The molecule has 0 radical (unpaired) electrons. The molecule has 0 saturated carbocycles. The number of ether oxygens (including phenoxy) is 2. The summed E-state index contributed by atoms with van der Waals surface area (Å²) in [6.45, 7) is 4.80. The first kappa shape index (κ1) is 23.3. The smallest absolute Gasteiger partial charge is 0.236 e. The van der Waals surface area contributed by atoms with Gasteiger partial charge in [-0.1, -0.05) is 36.4 Å². The molecule has 0 unspecified atom stereocenters. The van der Waals surface area contributed by atoms with E-state index in [0.29, 0.717) is 58.0 Å². The summed E-state index contributed by atoms with van der Waals surface area (Å²) in [7, 11) is -3.51. The topological polar surface area (TPSA) is 76.2 Å². The second kappa shape index (κ2) is 10.4. The van der Waals surface area contributed by atoms with Crippen LogP contribution in [0.2, 0.25) is 0 Å². The van der Waals surface area contributed by atoms with Crippen molar-refractivity contribution in [3.8, 4) is 11.5 Å². The summed E-state index contributed by atoms with van der Waals surface area (Å²) in [4.78, 5) is 15.0. The Balaban J connectivity index is 1.34. The van der Waals surface area contributed by atoms with Crippen molar-refractivity contribution in [3.63, 3.8) is 0 Å². The van der Waals surface area contributed by atoms with Crippen LogP contribution < -0.4 is 9.47 Å². The first-order chi connectivity index (χ1) is 16.0. The molecule has 1 saturated heterocycles. The highest BCUT2D eigenvalue weighted by molar-refractivity contribution is 7.92. The SMILES string of the molecule is CCN(Cc1ccc2c(c1)OCCO2)C(=O)C1CCN(S(=O)(=O)/C=C/c2ccccc2)CC1. The fourth-order valence-electron chi connectivity index (χ4n) is 4.18. The van der Waals surface area contributed by atoms with E-state index in [4.69, 9.17) is 9.47 Å². The molecule has 2 aromatic rings. The van der Waals surface area contributed by atoms with E-state index in [-0.39, 0.29) is 11.8 Å². The van der Waals surface area contributed by atoms with E-state index < -0.39 is 10.0 Å². The number of carbonyl (C=O) groups excluding carboxylic acids is 1. The average molecular weight is 471 g/mol. The largest absolute Gasteiger partial charge is 0.486 e. The van der Waals surface area contributed by atoms with Gasteiger partial charge in [0.05, 0.1) is 0 Å². The second-order valence-electron chi connectivity index (χ2n) is 8.26. The van der Waals surface area contributed by atoms with Gasteiger partial charge in [-0.25, -0.2) is 8.42 Å².